The molecule has 0 heterocycles. The van der Waals surface area contributed by atoms with Crippen molar-refractivity contribution in [2.24, 2.45) is 0 Å². The molecule has 0 N–H and O–H groups in total. The first kappa shape index (κ1) is 33.6. The normalized spacial score (nSPS) is 10.9. The van der Waals surface area contributed by atoms with E-state index < -0.39 is 0 Å². The third-order valence-electron chi connectivity index (χ3n) is 7.47. The van der Waals surface area contributed by atoms with E-state index in [2.05, 4.69) is 13.8 Å². The molecule has 0 fully saturated rings. The average molecular weight is 551 g/mol. The van der Waals surface area contributed by atoms with Gasteiger partial charge in [0, 0.05) is 12.8 Å². The van der Waals surface area contributed by atoms with Gasteiger partial charge in [0.25, 0.3) is 0 Å². The van der Waals surface area contributed by atoms with Gasteiger partial charge in [-0.1, -0.05) is 141 Å². The van der Waals surface area contributed by atoms with E-state index in [1.165, 1.54) is 89.9 Å². The van der Waals surface area contributed by atoms with Crippen molar-refractivity contribution < 1.29 is 19.1 Å². The molecule has 0 radical (unpaired) electrons. The summed E-state index contributed by atoms with van der Waals surface area (Å²) in [5, 5.41) is 0. The fraction of sp³-hybridized carbons (Fsp3) is 0.611. The Balaban J connectivity index is 1.60. The smallest absolute Gasteiger partial charge is 0.311 e. The lowest BCUT2D eigenvalue weighted by molar-refractivity contribution is -0.135. The van der Waals surface area contributed by atoms with E-state index in [1.807, 2.05) is 48.5 Å². The summed E-state index contributed by atoms with van der Waals surface area (Å²) in [6.07, 6.45) is 23.1. The van der Waals surface area contributed by atoms with Gasteiger partial charge < -0.3 is 9.47 Å². The van der Waals surface area contributed by atoms with Crippen LogP contribution in [0.5, 0.6) is 11.5 Å². The third-order valence-corrected chi connectivity index (χ3v) is 7.47. The molecule has 4 nitrogen and oxygen atoms in total. The SMILES string of the molecule is CCCCCCCCCCCC(=O)Oc1ccc(-c2ccc(OC(=O)CCCCCCCCCCC)cc2)cc1. The van der Waals surface area contributed by atoms with Crippen molar-refractivity contribution in [3.63, 3.8) is 0 Å². The van der Waals surface area contributed by atoms with Crippen molar-refractivity contribution in [3.8, 4) is 22.6 Å². The molecular formula is C36H54O4. The number of hydrogen-bond donors (Lipinski definition) is 0. The predicted molar refractivity (Wildman–Crippen MR) is 167 cm³/mol. The van der Waals surface area contributed by atoms with E-state index in [4.69, 9.17) is 9.47 Å². The number of hydrogen-bond acceptors (Lipinski definition) is 4. The molecule has 0 aliphatic heterocycles. The molecule has 2 aromatic rings. The predicted octanol–water partition coefficient (Wildman–Crippen LogP) is 11.0. The summed E-state index contributed by atoms with van der Waals surface area (Å²) in [5.41, 5.74) is 2.04. The van der Waals surface area contributed by atoms with Gasteiger partial charge in [-0.15, -0.1) is 0 Å². The second-order valence-electron chi connectivity index (χ2n) is 11.2. The van der Waals surface area contributed by atoms with Crippen LogP contribution >= 0.6 is 0 Å². The summed E-state index contributed by atoms with van der Waals surface area (Å²) in [4.78, 5) is 24.4. The number of carbonyl (C=O) groups is 2. The van der Waals surface area contributed by atoms with Crippen LogP contribution in [-0.4, -0.2) is 11.9 Å². The summed E-state index contributed by atoms with van der Waals surface area (Å²) >= 11 is 0. The molecule has 0 spiro atoms. The Hall–Kier alpha value is -2.62. The van der Waals surface area contributed by atoms with Crippen LogP contribution in [0.1, 0.15) is 142 Å². The number of benzene rings is 2. The molecule has 0 saturated carbocycles. The minimum Gasteiger partial charge on any atom is -0.427 e. The van der Waals surface area contributed by atoms with Gasteiger partial charge >= 0.3 is 11.9 Å². The Morgan fingerprint density at radius 1 is 0.425 bits per heavy atom. The highest BCUT2D eigenvalue weighted by atomic mass is 16.5. The summed E-state index contributed by atoms with van der Waals surface area (Å²) in [6.45, 7) is 4.49. The maximum absolute atomic E-state index is 12.2. The van der Waals surface area contributed by atoms with Crippen LogP contribution in [0.2, 0.25) is 0 Å². The second-order valence-corrected chi connectivity index (χ2v) is 11.2. The first-order chi connectivity index (χ1) is 19.6. The third kappa shape index (κ3) is 15.8. The van der Waals surface area contributed by atoms with E-state index in [0.717, 1.165) is 36.8 Å². The van der Waals surface area contributed by atoms with Crippen LogP contribution in [0.15, 0.2) is 48.5 Å². The van der Waals surface area contributed by atoms with Crippen molar-refractivity contribution >= 4 is 11.9 Å². The highest BCUT2D eigenvalue weighted by Crippen LogP contribution is 2.25. The summed E-state index contributed by atoms with van der Waals surface area (Å²) in [5.74, 6) is 0.826. The molecule has 0 aliphatic carbocycles. The maximum atomic E-state index is 12.2. The van der Waals surface area contributed by atoms with Gasteiger partial charge in [0.1, 0.15) is 11.5 Å². The summed E-state index contributed by atoms with van der Waals surface area (Å²) in [6, 6.07) is 15.1. The lowest BCUT2D eigenvalue weighted by Crippen LogP contribution is -2.07. The van der Waals surface area contributed by atoms with E-state index in [0.29, 0.717) is 24.3 Å². The van der Waals surface area contributed by atoms with Crippen molar-refractivity contribution in [1.82, 2.24) is 0 Å². The zero-order chi connectivity index (χ0) is 28.7. The van der Waals surface area contributed by atoms with Crippen molar-refractivity contribution in [2.75, 3.05) is 0 Å². The highest BCUT2D eigenvalue weighted by molar-refractivity contribution is 5.74. The Bertz CT molecular complexity index is 839. The molecule has 0 saturated heterocycles. The first-order valence-electron chi connectivity index (χ1n) is 16.2. The lowest BCUT2D eigenvalue weighted by Gasteiger charge is -2.08. The Morgan fingerprint density at radius 2 is 0.700 bits per heavy atom. The van der Waals surface area contributed by atoms with Gasteiger partial charge in [0.2, 0.25) is 0 Å². The molecule has 2 aromatic carbocycles. The highest BCUT2D eigenvalue weighted by Gasteiger charge is 2.08. The van der Waals surface area contributed by atoms with Crippen LogP contribution < -0.4 is 9.47 Å². The topological polar surface area (TPSA) is 52.6 Å². The summed E-state index contributed by atoms with van der Waals surface area (Å²) < 4.78 is 11.0. The minimum absolute atomic E-state index is 0.163. The zero-order valence-corrected chi connectivity index (χ0v) is 25.4. The van der Waals surface area contributed by atoms with E-state index in [1.54, 1.807) is 0 Å². The molecule has 2 rings (SSSR count). The Morgan fingerprint density at radius 3 is 1.00 bits per heavy atom. The zero-order valence-electron chi connectivity index (χ0n) is 25.4. The molecule has 4 heteroatoms. The molecule has 0 unspecified atom stereocenters. The largest absolute Gasteiger partial charge is 0.427 e. The van der Waals surface area contributed by atoms with Gasteiger partial charge in [0.05, 0.1) is 0 Å². The van der Waals surface area contributed by atoms with Crippen molar-refractivity contribution in [2.45, 2.75) is 142 Å². The quantitative estimate of drug-likeness (QED) is 0.0784. The molecular weight excluding hydrogens is 496 g/mol. The van der Waals surface area contributed by atoms with Crippen LogP contribution in [-0.2, 0) is 9.59 Å². The standard InChI is InChI=1S/C36H54O4/c1-3-5-7-9-11-13-15-17-19-21-35(37)39-33-27-23-31(24-28-33)32-25-29-34(30-26-32)40-36(38)22-20-18-16-14-12-10-8-6-4-2/h23-30H,3-22H2,1-2H3. The number of unbranched alkanes of at least 4 members (excludes halogenated alkanes) is 16. The van der Waals surface area contributed by atoms with Crippen LogP contribution in [0.3, 0.4) is 0 Å². The molecule has 0 atom stereocenters. The molecule has 0 amide bonds. The van der Waals surface area contributed by atoms with E-state index in [-0.39, 0.29) is 11.9 Å². The molecule has 0 aliphatic rings. The average Bonchev–Trinajstić information content (AvgIpc) is 2.96. The minimum atomic E-state index is -0.163. The molecule has 222 valence electrons. The molecule has 0 aromatic heterocycles. The van der Waals surface area contributed by atoms with Crippen LogP contribution in [0, 0.1) is 0 Å². The van der Waals surface area contributed by atoms with E-state index in [9.17, 15) is 9.59 Å². The fourth-order valence-electron chi connectivity index (χ4n) is 4.96. The number of carbonyl (C=O) groups excluding carboxylic acids is 2. The van der Waals surface area contributed by atoms with Crippen molar-refractivity contribution in [1.29, 1.82) is 0 Å². The van der Waals surface area contributed by atoms with Crippen molar-refractivity contribution in [3.05, 3.63) is 48.5 Å². The lowest BCUT2D eigenvalue weighted by atomic mass is 10.1. The van der Waals surface area contributed by atoms with Gasteiger partial charge in [-0.2, -0.15) is 0 Å². The van der Waals surface area contributed by atoms with Crippen LogP contribution in [0.25, 0.3) is 11.1 Å². The fourth-order valence-corrected chi connectivity index (χ4v) is 4.96. The Labute approximate surface area is 244 Å². The number of rotatable bonds is 23. The number of esters is 2. The molecule has 40 heavy (non-hydrogen) atoms. The first-order valence-corrected chi connectivity index (χ1v) is 16.2. The maximum Gasteiger partial charge on any atom is 0.311 e. The van der Waals surface area contributed by atoms with E-state index >= 15 is 0 Å². The van der Waals surface area contributed by atoms with Gasteiger partial charge in [-0.25, -0.2) is 0 Å². The van der Waals surface area contributed by atoms with Gasteiger partial charge in [-0.3, -0.25) is 9.59 Å². The Kier molecular flexibility index (Phi) is 18.6. The van der Waals surface area contributed by atoms with Gasteiger partial charge in [-0.05, 0) is 48.2 Å². The monoisotopic (exact) mass is 550 g/mol. The summed E-state index contributed by atoms with van der Waals surface area (Å²) in [7, 11) is 0. The molecule has 0 bridgehead atoms. The second kappa shape index (κ2) is 22.1. The van der Waals surface area contributed by atoms with Crippen LogP contribution in [0.4, 0.5) is 0 Å². The van der Waals surface area contributed by atoms with Gasteiger partial charge in [0.15, 0.2) is 0 Å². The number of ether oxygens (including phenoxy) is 2.